The molecule has 260 valence electrons. The summed E-state index contributed by atoms with van der Waals surface area (Å²) in [4.78, 5) is 0. The molecule has 0 amide bonds. The molecule has 4 rings (SSSR count). The van der Waals surface area contributed by atoms with Crippen molar-refractivity contribution in [2.24, 2.45) is 0 Å². The van der Waals surface area contributed by atoms with E-state index in [0.717, 1.165) is 11.3 Å². The molecule has 0 bridgehead atoms. The van der Waals surface area contributed by atoms with Gasteiger partial charge in [-0.05, 0) is 99.7 Å². The Labute approximate surface area is 292 Å². The summed E-state index contributed by atoms with van der Waals surface area (Å²) in [6.45, 7) is 28.9. The molecule has 0 spiro atoms. The Balaban J connectivity index is 0.00000116. The molecule has 0 aliphatic carbocycles. The Bertz CT molecular complexity index is 1780. The van der Waals surface area contributed by atoms with Gasteiger partial charge in [-0.1, -0.05) is 108 Å². The third-order valence-corrected chi connectivity index (χ3v) is 15.4. The van der Waals surface area contributed by atoms with E-state index in [1.807, 2.05) is 12.1 Å². The summed E-state index contributed by atoms with van der Waals surface area (Å²) >= 11 is 0. The largest absolute Gasteiger partial charge is 0.398 e. The van der Waals surface area contributed by atoms with Crippen LogP contribution >= 0.6 is 7.26 Å². The highest BCUT2D eigenvalue weighted by Crippen LogP contribution is 2.76. The van der Waals surface area contributed by atoms with Gasteiger partial charge in [0, 0.05) is 22.4 Å². The Morgan fingerprint density at radius 2 is 0.958 bits per heavy atom. The van der Waals surface area contributed by atoms with Gasteiger partial charge in [0.15, 0.2) is 0 Å². The maximum atomic E-state index is 9.19. The first kappa shape index (κ1) is 39.5. The summed E-state index contributed by atoms with van der Waals surface area (Å²) in [7, 11) is -5.85. The fraction of sp³-hybridized carbons (Fsp3) is 0.429. The van der Waals surface area contributed by atoms with Gasteiger partial charge in [0.25, 0.3) is 10.1 Å². The van der Waals surface area contributed by atoms with Crippen LogP contribution in [0, 0.1) is 0 Å². The van der Waals surface area contributed by atoms with Crippen molar-refractivity contribution in [2.45, 2.75) is 111 Å². The number of para-hydroxylation sites is 1. The lowest BCUT2D eigenvalue weighted by Crippen LogP contribution is -2.47. The van der Waals surface area contributed by atoms with Gasteiger partial charge in [-0.25, -0.2) is 0 Å². The van der Waals surface area contributed by atoms with Crippen LogP contribution in [0.5, 0.6) is 0 Å². The molecular formula is C42H59NO3PS+. The van der Waals surface area contributed by atoms with Gasteiger partial charge >= 0.3 is 0 Å². The van der Waals surface area contributed by atoms with Crippen molar-refractivity contribution in [1.29, 1.82) is 0 Å². The normalized spacial score (nSPS) is 12.8. The number of nitrogens with two attached hydrogens (primary N) is 1. The van der Waals surface area contributed by atoms with Crippen molar-refractivity contribution in [3.05, 3.63) is 102 Å². The number of hydrogen-bond donors (Lipinski definition) is 2. The van der Waals surface area contributed by atoms with Crippen LogP contribution in [0.4, 0.5) is 5.69 Å². The highest BCUT2D eigenvalue weighted by Gasteiger charge is 2.63. The first-order chi connectivity index (χ1) is 22.0. The van der Waals surface area contributed by atoms with E-state index in [9.17, 15) is 8.42 Å². The van der Waals surface area contributed by atoms with E-state index < -0.39 is 17.4 Å². The molecule has 4 nitrogen and oxygen atoms in total. The van der Waals surface area contributed by atoms with Crippen LogP contribution in [0.25, 0.3) is 22.3 Å². The molecule has 6 heteroatoms. The molecule has 0 aliphatic rings. The Kier molecular flexibility index (Phi) is 12.2. The SMILES string of the molecule is CC(C)c1cc(C(C)C)c(-c2ccccc2[P+](c2ccccc2-c2ccccc2N)(C(C)(C)C)C(C)(C)C)c(C(C)C)c1.CS(=O)(=O)O. The summed E-state index contributed by atoms with van der Waals surface area (Å²) < 4.78 is 25.9. The first-order valence-electron chi connectivity index (χ1n) is 17.1. The van der Waals surface area contributed by atoms with Gasteiger partial charge in [0.2, 0.25) is 0 Å². The van der Waals surface area contributed by atoms with E-state index in [4.69, 9.17) is 10.3 Å². The molecule has 4 aromatic carbocycles. The fourth-order valence-corrected chi connectivity index (χ4v) is 14.4. The summed E-state index contributed by atoms with van der Waals surface area (Å²) in [5, 5.41) is 2.87. The minimum absolute atomic E-state index is 0.0329. The Morgan fingerprint density at radius 1 is 0.604 bits per heavy atom. The third-order valence-electron chi connectivity index (χ3n) is 9.20. The molecule has 0 atom stereocenters. The van der Waals surface area contributed by atoms with Gasteiger partial charge in [0.05, 0.1) is 23.8 Å². The Morgan fingerprint density at radius 3 is 1.33 bits per heavy atom. The smallest absolute Gasteiger partial charge is 0.261 e. The quantitative estimate of drug-likeness (QED) is 0.115. The summed E-state index contributed by atoms with van der Waals surface area (Å²) in [6.07, 6.45) is 0.715. The van der Waals surface area contributed by atoms with Crippen molar-refractivity contribution in [1.82, 2.24) is 0 Å². The van der Waals surface area contributed by atoms with Gasteiger partial charge in [-0.15, -0.1) is 0 Å². The zero-order valence-electron chi connectivity index (χ0n) is 31.5. The number of benzene rings is 4. The van der Waals surface area contributed by atoms with Crippen LogP contribution in [0.15, 0.2) is 84.9 Å². The highest BCUT2D eigenvalue weighted by molar-refractivity contribution is 7.92. The van der Waals surface area contributed by atoms with Crippen LogP contribution < -0.4 is 16.3 Å². The highest BCUT2D eigenvalue weighted by atomic mass is 32.2. The second kappa shape index (κ2) is 14.9. The maximum Gasteiger partial charge on any atom is 0.261 e. The first-order valence-corrected chi connectivity index (χ1v) is 20.7. The van der Waals surface area contributed by atoms with Gasteiger partial charge < -0.3 is 5.73 Å². The molecule has 0 aromatic heterocycles. The predicted molar refractivity (Wildman–Crippen MR) is 214 cm³/mol. The molecule has 48 heavy (non-hydrogen) atoms. The van der Waals surface area contributed by atoms with Crippen LogP contribution in [0.1, 0.15) is 118 Å². The second-order valence-corrected chi connectivity index (χ2v) is 22.4. The predicted octanol–water partition coefficient (Wildman–Crippen LogP) is 11.0. The van der Waals surface area contributed by atoms with Crippen molar-refractivity contribution in [3.63, 3.8) is 0 Å². The molecular weight excluding hydrogens is 630 g/mol. The maximum absolute atomic E-state index is 9.19. The zero-order valence-corrected chi connectivity index (χ0v) is 33.2. The molecule has 0 saturated heterocycles. The van der Waals surface area contributed by atoms with E-state index in [-0.39, 0.29) is 10.3 Å². The molecule has 3 N–H and O–H groups in total. The lowest BCUT2D eigenvalue weighted by atomic mass is 9.82. The van der Waals surface area contributed by atoms with Gasteiger partial charge in [-0.2, -0.15) is 8.42 Å². The average Bonchev–Trinajstić information content (AvgIpc) is 2.95. The van der Waals surface area contributed by atoms with Crippen LogP contribution in [-0.4, -0.2) is 29.5 Å². The molecule has 0 aliphatic heterocycles. The summed E-state index contributed by atoms with van der Waals surface area (Å²) in [5.74, 6) is 1.30. The summed E-state index contributed by atoms with van der Waals surface area (Å²) in [6, 6.07) is 31.9. The second-order valence-electron chi connectivity index (χ2n) is 15.9. The number of nitrogen functional groups attached to an aromatic ring is 1. The Hall–Kier alpha value is -2.98. The monoisotopic (exact) mass is 688 g/mol. The van der Waals surface area contributed by atoms with Crippen molar-refractivity contribution in [2.75, 3.05) is 12.0 Å². The van der Waals surface area contributed by atoms with Crippen molar-refractivity contribution < 1.29 is 13.0 Å². The van der Waals surface area contributed by atoms with E-state index in [0.29, 0.717) is 24.0 Å². The average molecular weight is 689 g/mol. The van der Waals surface area contributed by atoms with Crippen molar-refractivity contribution >= 4 is 33.7 Å². The zero-order chi connectivity index (χ0) is 36.4. The molecule has 0 saturated carbocycles. The number of rotatable bonds is 7. The van der Waals surface area contributed by atoms with Gasteiger partial charge in [-0.3, -0.25) is 4.55 Å². The molecule has 4 aromatic rings. The van der Waals surface area contributed by atoms with Crippen LogP contribution in [-0.2, 0) is 10.1 Å². The van der Waals surface area contributed by atoms with E-state index >= 15 is 0 Å². The van der Waals surface area contributed by atoms with Gasteiger partial charge in [0.1, 0.15) is 10.6 Å². The van der Waals surface area contributed by atoms with Crippen molar-refractivity contribution in [3.8, 4) is 22.3 Å². The van der Waals surface area contributed by atoms with E-state index in [1.165, 1.54) is 44.0 Å². The molecule has 0 fully saturated rings. The standard InChI is InChI=1S/C41H55NP.CH4O3S/c1-27(2)30-25-34(28(3)4)39(35(26-30)29(5)6)33-21-15-18-24-38(33)43(40(7,8)9,41(10,11)12)37-23-17-14-20-32(37)31-19-13-16-22-36(31)42;1-5(2,3)4/h13-29H,42H2,1-12H3;1H3,(H,2,3,4)/q+1;. The fourth-order valence-electron chi connectivity index (χ4n) is 7.56. The molecule has 0 radical (unpaired) electrons. The number of hydrogen-bond acceptors (Lipinski definition) is 3. The lowest BCUT2D eigenvalue weighted by Gasteiger charge is -2.48. The minimum Gasteiger partial charge on any atom is -0.398 e. The molecule has 0 unspecified atom stereocenters. The van der Waals surface area contributed by atoms with Crippen LogP contribution in [0.3, 0.4) is 0 Å². The minimum atomic E-state index is -3.67. The van der Waals surface area contributed by atoms with E-state index in [1.54, 1.807) is 0 Å². The summed E-state index contributed by atoms with van der Waals surface area (Å²) in [5.41, 5.74) is 17.1. The lowest BCUT2D eigenvalue weighted by molar-refractivity contribution is 0.490. The van der Waals surface area contributed by atoms with E-state index in [2.05, 4.69) is 156 Å². The topological polar surface area (TPSA) is 80.4 Å². The number of anilines is 1. The van der Waals surface area contributed by atoms with Crippen LogP contribution in [0.2, 0.25) is 0 Å². The third kappa shape index (κ3) is 8.24. The molecule has 0 heterocycles.